The fraction of sp³-hybridized carbons (Fsp3) is 0.500. The molecule has 1 fully saturated rings. The second kappa shape index (κ2) is 4.61. The molecule has 5 heteroatoms. The molecule has 2 rings (SSSR count). The third-order valence-corrected chi connectivity index (χ3v) is 3.93. The van der Waals surface area contributed by atoms with Crippen molar-refractivity contribution >= 4 is 15.9 Å². The molecule has 0 aliphatic carbocycles. The minimum absolute atomic E-state index is 0.0148. The van der Waals surface area contributed by atoms with E-state index in [1.165, 1.54) is 0 Å². The zero-order valence-corrected chi connectivity index (χ0v) is 10.6. The Morgan fingerprint density at radius 2 is 1.94 bits per heavy atom. The molecule has 1 unspecified atom stereocenters. The fourth-order valence-electron chi connectivity index (χ4n) is 1.95. The molecule has 0 saturated carbocycles. The van der Waals surface area contributed by atoms with E-state index in [4.69, 9.17) is 4.74 Å². The first-order valence-corrected chi connectivity index (χ1v) is 6.18. The van der Waals surface area contributed by atoms with Crippen molar-refractivity contribution in [3.05, 3.63) is 34.3 Å². The van der Waals surface area contributed by atoms with E-state index in [-0.39, 0.29) is 19.4 Å². The van der Waals surface area contributed by atoms with Crippen molar-refractivity contribution in [2.45, 2.75) is 31.0 Å². The van der Waals surface area contributed by atoms with E-state index in [1.54, 1.807) is 0 Å². The molecule has 0 amide bonds. The molecule has 1 nitrogen and oxygen atoms in total. The summed E-state index contributed by atoms with van der Waals surface area (Å²) in [6.45, 7) is 0.204. The van der Waals surface area contributed by atoms with Crippen LogP contribution in [0.4, 0.5) is 13.2 Å². The summed E-state index contributed by atoms with van der Waals surface area (Å²) in [5.41, 5.74) is -1.03. The maximum absolute atomic E-state index is 12.8. The minimum atomic E-state index is -4.27. The molecule has 1 aliphatic heterocycles. The second-order valence-electron chi connectivity index (χ2n) is 4.18. The lowest BCUT2D eigenvalue weighted by atomic mass is 9.87. The van der Waals surface area contributed by atoms with Crippen molar-refractivity contribution in [2.75, 3.05) is 6.61 Å². The van der Waals surface area contributed by atoms with E-state index in [1.807, 2.05) is 24.3 Å². The predicted molar refractivity (Wildman–Crippen MR) is 61.8 cm³/mol. The van der Waals surface area contributed by atoms with Crippen LogP contribution in [0.3, 0.4) is 0 Å². The zero-order chi connectivity index (χ0) is 12.5. The number of hydrogen-bond acceptors (Lipinski definition) is 1. The summed E-state index contributed by atoms with van der Waals surface area (Å²) in [5, 5.41) is 0. The van der Waals surface area contributed by atoms with Gasteiger partial charge in [-0.25, -0.2) is 0 Å². The molecule has 94 valence electrons. The van der Waals surface area contributed by atoms with Gasteiger partial charge in [-0.1, -0.05) is 34.1 Å². The van der Waals surface area contributed by atoms with Crippen LogP contribution in [0.2, 0.25) is 0 Å². The first-order valence-electron chi connectivity index (χ1n) is 5.39. The Bertz CT molecular complexity index is 399. The highest BCUT2D eigenvalue weighted by Crippen LogP contribution is 2.45. The SMILES string of the molecule is FC(F)(F)C1(CCc2ccccc2Br)CCO1. The number of halogens is 4. The molecule has 0 bridgehead atoms. The van der Waals surface area contributed by atoms with E-state index >= 15 is 0 Å². The van der Waals surface area contributed by atoms with Crippen LogP contribution in [0, 0.1) is 0 Å². The minimum Gasteiger partial charge on any atom is -0.365 e. The normalized spacial score (nSPS) is 24.5. The maximum Gasteiger partial charge on any atom is 0.417 e. The quantitative estimate of drug-likeness (QED) is 0.817. The summed E-state index contributed by atoms with van der Waals surface area (Å²) in [4.78, 5) is 0. The van der Waals surface area contributed by atoms with Crippen LogP contribution < -0.4 is 0 Å². The number of benzene rings is 1. The van der Waals surface area contributed by atoms with Gasteiger partial charge in [0.25, 0.3) is 0 Å². The molecule has 1 aromatic rings. The van der Waals surface area contributed by atoms with Gasteiger partial charge >= 0.3 is 6.18 Å². The summed E-state index contributed by atoms with van der Waals surface area (Å²) in [7, 11) is 0. The van der Waals surface area contributed by atoms with Gasteiger partial charge in [0, 0.05) is 10.9 Å². The lowest BCUT2D eigenvalue weighted by Crippen LogP contribution is -2.55. The maximum atomic E-state index is 12.8. The molecule has 0 aromatic heterocycles. The smallest absolute Gasteiger partial charge is 0.365 e. The molecular formula is C12H12BrF3O. The van der Waals surface area contributed by atoms with Crippen LogP contribution in [0.25, 0.3) is 0 Å². The zero-order valence-electron chi connectivity index (χ0n) is 9.06. The van der Waals surface area contributed by atoms with Crippen LogP contribution in [0.1, 0.15) is 18.4 Å². The van der Waals surface area contributed by atoms with Crippen molar-refractivity contribution in [1.29, 1.82) is 0 Å². The highest BCUT2D eigenvalue weighted by atomic mass is 79.9. The Labute approximate surface area is 106 Å². The van der Waals surface area contributed by atoms with Gasteiger partial charge in [0.15, 0.2) is 5.60 Å². The average molecular weight is 309 g/mol. The Morgan fingerprint density at radius 1 is 1.29 bits per heavy atom. The van der Waals surface area contributed by atoms with Crippen LogP contribution >= 0.6 is 15.9 Å². The number of rotatable bonds is 3. The molecule has 17 heavy (non-hydrogen) atoms. The van der Waals surface area contributed by atoms with Crippen LogP contribution in [0.15, 0.2) is 28.7 Å². The Kier molecular flexibility index (Phi) is 3.50. The fourth-order valence-corrected chi connectivity index (χ4v) is 2.43. The van der Waals surface area contributed by atoms with Gasteiger partial charge < -0.3 is 4.74 Å². The van der Waals surface area contributed by atoms with Gasteiger partial charge in [-0.2, -0.15) is 13.2 Å². The first kappa shape index (κ1) is 12.9. The Hall–Kier alpha value is -0.550. The standard InChI is InChI=1S/C12H12BrF3O/c13-10-4-2-1-3-9(10)5-6-11(7-8-17-11)12(14,15)16/h1-4H,5-8H2. The van der Waals surface area contributed by atoms with Crippen molar-refractivity contribution in [2.24, 2.45) is 0 Å². The summed E-state index contributed by atoms with van der Waals surface area (Å²) in [6, 6.07) is 7.32. The average Bonchev–Trinajstić information content (AvgIpc) is 2.16. The largest absolute Gasteiger partial charge is 0.417 e. The van der Waals surface area contributed by atoms with Crippen molar-refractivity contribution in [3.8, 4) is 0 Å². The van der Waals surface area contributed by atoms with Crippen LogP contribution in [-0.4, -0.2) is 18.4 Å². The lowest BCUT2D eigenvalue weighted by Gasteiger charge is -2.43. The van der Waals surface area contributed by atoms with E-state index < -0.39 is 11.8 Å². The van der Waals surface area contributed by atoms with E-state index in [9.17, 15) is 13.2 Å². The summed E-state index contributed by atoms with van der Waals surface area (Å²) < 4.78 is 44.1. The topological polar surface area (TPSA) is 9.23 Å². The highest BCUT2D eigenvalue weighted by Gasteiger charge is 2.59. The number of aryl methyl sites for hydroxylation is 1. The molecule has 1 atom stereocenters. The van der Waals surface area contributed by atoms with E-state index in [2.05, 4.69) is 15.9 Å². The van der Waals surface area contributed by atoms with E-state index in [0.717, 1.165) is 10.0 Å². The molecule has 1 saturated heterocycles. The molecule has 1 aliphatic rings. The monoisotopic (exact) mass is 308 g/mol. The summed E-state index contributed by atoms with van der Waals surface area (Å²) in [5.74, 6) is 0. The van der Waals surface area contributed by atoms with Crippen LogP contribution in [0.5, 0.6) is 0 Å². The van der Waals surface area contributed by atoms with Crippen molar-refractivity contribution in [1.82, 2.24) is 0 Å². The van der Waals surface area contributed by atoms with E-state index in [0.29, 0.717) is 6.42 Å². The first-order chi connectivity index (χ1) is 7.95. The van der Waals surface area contributed by atoms with Crippen LogP contribution in [-0.2, 0) is 11.2 Å². The number of ether oxygens (including phenoxy) is 1. The molecule has 1 heterocycles. The summed E-state index contributed by atoms with van der Waals surface area (Å²) >= 11 is 3.33. The van der Waals surface area contributed by atoms with Gasteiger partial charge in [0.2, 0.25) is 0 Å². The highest BCUT2D eigenvalue weighted by molar-refractivity contribution is 9.10. The lowest BCUT2D eigenvalue weighted by molar-refractivity contribution is -0.327. The van der Waals surface area contributed by atoms with Gasteiger partial charge in [0.05, 0.1) is 6.61 Å². The Morgan fingerprint density at radius 3 is 2.41 bits per heavy atom. The molecule has 1 aromatic carbocycles. The molecule has 0 spiro atoms. The molecule has 0 N–H and O–H groups in total. The van der Waals surface area contributed by atoms with Gasteiger partial charge in [0.1, 0.15) is 0 Å². The number of alkyl halides is 3. The summed E-state index contributed by atoms with van der Waals surface area (Å²) in [6.07, 6.45) is -3.85. The third-order valence-electron chi connectivity index (χ3n) is 3.16. The van der Waals surface area contributed by atoms with Crippen molar-refractivity contribution in [3.63, 3.8) is 0 Å². The van der Waals surface area contributed by atoms with Crippen molar-refractivity contribution < 1.29 is 17.9 Å². The van der Waals surface area contributed by atoms with Gasteiger partial charge in [-0.15, -0.1) is 0 Å². The molecule has 0 radical (unpaired) electrons. The van der Waals surface area contributed by atoms with Gasteiger partial charge in [-0.3, -0.25) is 0 Å². The third kappa shape index (κ3) is 2.50. The molecular weight excluding hydrogens is 297 g/mol. The number of hydrogen-bond donors (Lipinski definition) is 0. The van der Waals surface area contributed by atoms with Gasteiger partial charge in [-0.05, 0) is 24.5 Å². The Balaban J connectivity index is 2.05. The second-order valence-corrected chi connectivity index (χ2v) is 5.04. The predicted octanol–water partition coefficient (Wildman–Crippen LogP) is 4.10.